The van der Waals surface area contributed by atoms with Crippen LogP contribution in [0.1, 0.15) is 31.1 Å². The van der Waals surface area contributed by atoms with Gasteiger partial charge in [0.15, 0.2) is 6.10 Å². The molecule has 0 heterocycles. The van der Waals surface area contributed by atoms with E-state index in [4.69, 9.17) is 4.74 Å². The van der Waals surface area contributed by atoms with Crippen LogP contribution in [0.2, 0.25) is 0 Å². The first kappa shape index (κ1) is 17.2. The summed E-state index contributed by atoms with van der Waals surface area (Å²) in [5.74, 6) is -0.588. The van der Waals surface area contributed by atoms with Crippen LogP contribution in [0.15, 0.2) is 29.2 Å². The number of benzene rings is 1. The first-order valence-electron chi connectivity index (χ1n) is 6.65. The molecule has 1 N–H and O–H groups in total. The number of hydrogen-bond acceptors (Lipinski definition) is 5. The number of ether oxygens (including phenoxy) is 1. The summed E-state index contributed by atoms with van der Waals surface area (Å²) in [6, 6.07) is 6.87. The van der Waals surface area contributed by atoms with Crippen molar-refractivity contribution in [3.63, 3.8) is 0 Å². The highest BCUT2D eigenvalue weighted by atomic mass is 32.2. The Morgan fingerprint density at radius 1 is 1.29 bits per heavy atom. The second kappa shape index (κ2) is 8.46. The second-order valence-electron chi connectivity index (χ2n) is 4.43. The average Bonchev–Trinajstić information content (AvgIpc) is 2.45. The summed E-state index contributed by atoms with van der Waals surface area (Å²) in [4.78, 5) is 35.4. The molecule has 0 aliphatic rings. The van der Waals surface area contributed by atoms with Crippen LogP contribution in [0, 0.1) is 0 Å². The minimum Gasteiger partial charge on any atom is -0.449 e. The van der Waals surface area contributed by atoms with E-state index in [1.165, 1.54) is 25.6 Å². The van der Waals surface area contributed by atoms with Gasteiger partial charge in [0.25, 0.3) is 5.91 Å². The van der Waals surface area contributed by atoms with Crippen molar-refractivity contribution in [2.75, 3.05) is 12.3 Å². The molecule has 0 aliphatic heterocycles. The summed E-state index contributed by atoms with van der Waals surface area (Å²) in [7, 11) is 0. The number of likely N-dealkylation sites (N-methyl/N-ethyl adjacent to an activating group) is 1. The number of rotatable bonds is 7. The Kier molecular flexibility index (Phi) is 6.94. The largest absolute Gasteiger partial charge is 0.449 e. The summed E-state index contributed by atoms with van der Waals surface area (Å²) in [6.45, 7) is 5.28. The molecule has 1 atom stereocenters. The van der Waals surface area contributed by atoms with Crippen molar-refractivity contribution < 1.29 is 19.1 Å². The molecule has 0 aliphatic carbocycles. The zero-order valence-corrected chi connectivity index (χ0v) is 13.2. The van der Waals surface area contributed by atoms with Crippen molar-refractivity contribution in [2.45, 2.75) is 31.8 Å². The van der Waals surface area contributed by atoms with Crippen molar-refractivity contribution in [1.29, 1.82) is 0 Å². The third kappa shape index (κ3) is 5.59. The normalized spacial score (nSPS) is 11.6. The van der Waals surface area contributed by atoms with E-state index in [1.807, 2.05) is 0 Å². The highest BCUT2D eigenvalue weighted by molar-refractivity contribution is 8.00. The van der Waals surface area contributed by atoms with Crippen molar-refractivity contribution >= 4 is 29.4 Å². The maximum Gasteiger partial charge on any atom is 0.340 e. The van der Waals surface area contributed by atoms with Crippen LogP contribution in [0.3, 0.4) is 0 Å². The smallest absolute Gasteiger partial charge is 0.340 e. The van der Waals surface area contributed by atoms with Crippen molar-refractivity contribution in [1.82, 2.24) is 5.32 Å². The Labute approximate surface area is 128 Å². The number of nitrogens with one attached hydrogen (secondary N) is 1. The molecule has 1 rings (SSSR count). The number of esters is 1. The topological polar surface area (TPSA) is 72.5 Å². The molecule has 21 heavy (non-hydrogen) atoms. The van der Waals surface area contributed by atoms with Crippen molar-refractivity contribution in [2.24, 2.45) is 0 Å². The van der Waals surface area contributed by atoms with E-state index in [9.17, 15) is 14.4 Å². The first-order chi connectivity index (χ1) is 9.95. The van der Waals surface area contributed by atoms with E-state index in [-0.39, 0.29) is 17.4 Å². The molecular weight excluding hydrogens is 290 g/mol. The van der Waals surface area contributed by atoms with Crippen LogP contribution in [-0.4, -0.2) is 36.1 Å². The molecule has 0 saturated carbocycles. The van der Waals surface area contributed by atoms with Gasteiger partial charge in [-0.2, -0.15) is 0 Å². The van der Waals surface area contributed by atoms with Gasteiger partial charge in [-0.25, -0.2) is 4.79 Å². The molecule has 1 amide bonds. The standard InChI is InChI=1S/C15H19NO4S/c1-4-16-14(18)11(3)20-15(19)12-7-5-6-8-13(12)21-9-10(2)17/h5-8,11H,4,9H2,1-3H3,(H,16,18)/t11-/m1/s1. The molecule has 1 aromatic carbocycles. The molecule has 114 valence electrons. The van der Waals surface area contributed by atoms with Gasteiger partial charge in [0.2, 0.25) is 0 Å². The van der Waals surface area contributed by atoms with E-state index in [0.29, 0.717) is 17.0 Å². The van der Waals surface area contributed by atoms with Gasteiger partial charge in [-0.1, -0.05) is 12.1 Å². The highest BCUT2D eigenvalue weighted by Crippen LogP contribution is 2.23. The van der Waals surface area contributed by atoms with E-state index in [2.05, 4.69) is 5.32 Å². The fourth-order valence-corrected chi connectivity index (χ4v) is 2.38. The van der Waals surface area contributed by atoms with Crippen LogP contribution < -0.4 is 5.32 Å². The average molecular weight is 309 g/mol. The Morgan fingerprint density at radius 2 is 1.95 bits per heavy atom. The molecule has 5 nitrogen and oxygen atoms in total. The quantitative estimate of drug-likeness (QED) is 0.616. The molecular formula is C15H19NO4S. The lowest BCUT2D eigenvalue weighted by Crippen LogP contribution is -2.35. The van der Waals surface area contributed by atoms with Gasteiger partial charge in [-0.3, -0.25) is 9.59 Å². The number of hydrogen-bond donors (Lipinski definition) is 1. The summed E-state index contributed by atoms with van der Waals surface area (Å²) < 4.78 is 5.15. The van der Waals surface area contributed by atoms with E-state index < -0.39 is 12.1 Å². The van der Waals surface area contributed by atoms with Crippen LogP contribution in [-0.2, 0) is 14.3 Å². The molecule has 1 aromatic rings. The van der Waals surface area contributed by atoms with Gasteiger partial charge in [-0.15, -0.1) is 11.8 Å². The van der Waals surface area contributed by atoms with Crippen LogP contribution in [0.5, 0.6) is 0 Å². The van der Waals surface area contributed by atoms with Gasteiger partial charge in [0, 0.05) is 11.4 Å². The summed E-state index contributed by atoms with van der Waals surface area (Å²) >= 11 is 1.28. The Hall–Kier alpha value is -1.82. The fourth-order valence-electron chi connectivity index (χ4n) is 1.54. The van der Waals surface area contributed by atoms with E-state index in [0.717, 1.165) is 0 Å². The number of thioether (sulfide) groups is 1. The van der Waals surface area contributed by atoms with Gasteiger partial charge >= 0.3 is 5.97 Å². The number of carbonyl (C=O) groups excluding carboxylic acids is 3. The minimum absolute atomic E-state index is 0.0267. The summed E-state index contributed by atoms with van der Waals surface area (Å²) in [5, 5.41) is 2.59. The molecule has 0 bridgehead atoms. The van der Waals surface area contributed by atoms with E-state index in [1.54, 1.807) is 31.2 Å². The molecule has 6 heteroatoms. The summed E-state index contributed by atoms with van der Waals surface area (Å²) in [5.41, 5.74) is 0.361. The first-order valence-corrected chi connectivity index (χ1v) is 7.64. The third-order valence-electron chi connectivity index (χ3n) is 2.54. The summed E-state index contributed by atoms with van der Waals surface area (Å²) in [6.07, 6.45) is -0.858. The van der Waals surface area contributed by atoms with Crippen LogP contribution in [0.25, 0.3) is 0 Å². The van der Waals surface area contributed by atoms with Gasteiger partial charge < -0.3 is 10.1 Å². The number of amides is 1. The Bertz CT molecular complexity index is 530. The molecule has 0 saturated heterocycles. The monoisotopic (exact) mass is 309 g/mol. The third-order valence-corrected chi connectivity index (χ3v) is 3.76. The number of carbonyl (C=O) groups is 3. The van der Waals surface area contributed by atoms with Gasteiger partial charge in [0.05, 0.1) is 11.3 Å². The maximum atomic E-state index is 12.1. The fraction of sp³-hybridized carbons (Fsp3) is 0.400. The molecule has 0 radical (unpaired) electrons. The van der Waals surface area contributed by atoms with E-state index >= 15 is 0 Å². The Morgan fingerprint density at radius 3 is 2.57 bits per heavy atom. The van der Waals surface area contributed by atoms with Crippen molar-refractivity contribution in [3.8, 4) is 0 Å². The number of ketones is 1. The zero-order chi connectivity index (χ0) is 15.8. The lowest BCUT2D eigenvalue weighted by molar-refractivity contribution is -0.129. The highest BCUT2D eigenvalue weighted by Gasteiger charge is 2.20. The molecule has 0 fully saturated rings. The maximum absolute atomic E-state index is 12.1. The van der Waals surface area contributed by atoms with Gasteiger partial charge in [0.1, 0.15) is 5.78 Å². The lowest BCUT2D eigenvalue weighted by Gasteiger charge is -2.14. The second-order valence-corrected chi connectivity index (χ2v) is 5.45. The SMILES string of the molecule is CCNC(=O)[C@@H](C)OC(=O)c1ccccc1SCC(C)=O. The van der Waals surface area contributed by atoms with Crippen LogP contribution >= 0.6 is 11.8 Å². The van der Waals surface area contributed by atoms with Crippen molar-refractivity contribution in [3.05, 3.63) is 29.8 Å². The van der Waals surface area contributed by atoms with Crippen LogP contribution in [0.4, 0.5) is 0 Å². The zero-order valence-electron chi connectivity index (χ0n) is 12.3. The molecule has 0 spiro atoms. The molecule has 0 aromatic heterocycles. The molecule has 0 unspecified atom stereocenters. The predicted octanol–water partition coefficient (Wildman–Crippen LogP) is 2.05. The predicted molar refractivity (Wildman–Crippen MR) is 81.4 cm³/mol. The Balaban J connectivity index is 2.77. The number of Topliss-reactive ketones (excluding diaryl/α,β-unsaturated/α-hetero) is 1. The lowest BCUT2D eigenvalue weighted by atomic mass is 10.2. The van der Waals surface area contributed by atoms with Gasteiger partial charge in [-0.05, 0) is 32.9 Å². The minimum atomic E-state index is -0.858.